The summed E-state index contributed by atoms with van der Waals surface area (Å²) >= 11 is 0. The molecule has 2 aliphatic rings. The van der Waals surface area contributed by atoms with Crippen LogP contribution in [0.4, 0.5) is 4.79 Å². The van der Waals surface area contributed by atoms with Crippen molar-refractivity contribution in [3.63, 3.8) is 0 Å². The van der Waals surface area contributed by atoms with E-state index in [1.807, 2.05) is 23.1 Å². The van der Waals surface area contributed by atoms with Gasteiger partial charge in [0.2, 0.25) is 11.7 Å². The van der Waals surface area contributed by atoms with Crippen LogP contribution in [0, 0.1) is 0 Å². The van der Waals surface area contributed by atoms with Crippen LogP contribution >= 0.6 is 0 Å². The highest BCUT2D eigenvalue weighted by atomic mass is 32.2. The molecular formula is C24H26N4O4S. The second-order valence-corrected chi connectivity index (χ2v) is 10.8. The van der Waals surface area contributed by atoms with E-state index in [2.05, 4.69) is 27.6 Å². The van der Waals surface area contributed by atoms with Crippen LogP contribution in [0.1, 0.15) is 42.6 Å². The number of carbonyl (C=O) groups excluding carboxylic acids is 1. The fourth-order valence-corrected chi connectivity index (χ4v) is 5.00. The number of piperidine rings is 1. The smallest absolute Gasteiger partial charge is 0.317 e. The summed E-state index contributed by atoms with van der Waals surface area (Å²) in [6, 6.07) is 16.9. The summed E-state index contributed by atoms with van der Waals surface area (Å²) in [5, 5.41) is 7.22. The highest BCUT2D eigenvalue weighted by Crippen LogP contribution is 2.40. The maximum Gasteiger partial charge on any atom is 0.317 e. The van der Waals surface area contributed by atoms with Gasteiger partial charge < -0.3 is 14.7 Å². The first-order valence-electron chi connectivity index (χ1n) is 11.1. The average Bonchev–Trinajstić information content (AvgIpc) is 3.41. The zero-order chi connectivity index (χ0) is 23.0. The maximum atomic E-state index is 12.7. The van der Waals surface area contributed by atoms with Crippen LogP contribution in [0.3, 0.4) is 0 Å². The molecule has 9 heteroatoms. The Hall–Kier alpha value is -3.20. The van der Waals surface area contributed by atoms with Gasteiger partial charge in [-0.3, -0.25) is 0 Å². The number of rotatable bonds is 5. The molecule has 0 radical (unpaired) electrons. The van der Waals surface area contributed by atoms with E-state index in [0.29, 0.717) is 36.3 Å². The number of nitrogens with zero attached hydrogens (tertiary/aromatic N) is 3. The Morgan fingerprint density at radius 2 is 1.76 bits per heavy atom. The first-order valence-corrected chi connectivity index (χ1v) is 13.0. The molecule has 1 aliphatic carbocycles. The largest absolute Gasteiger partial charge is 0.339 e. The molecule has 2 heterocycles. The molecule has 2 fully saturated rings. The molecule has 5 rings (SSSR count). The van der Waals surface area contributed by atoms with Gasteiger partial charge in [0.05, 0.1) is 4.90 Å². The van der Waals surface area contributed by atoms with Gasteiger partial charge in [0, 0.05) is 42.8 Å². The minimum absolute atomic E-state index is 0.00549. The van der Waals surface area contributed by atoms with Crippen molar-refractivity contribution in [3.8, 4) is 11.4 Å². The standard InChI is InChI=1S/C24H26N4O4S/c1-33(30,31)19-9-7-17(8-10-19)22-26-23(32-27-22)18-11-13-28(14-12-18)24(29)25-21-15-20(21)16-5-3-2-4-6-16/h2-10,18,20-21H,11-15H2,1H3,(H,25,29)/t20-,21+/m0/s1. The Kier molecular flexibility index (Phi) is 5.65. The normalized spacial score (nSPS) is 21.1. The van der Waals surface area contributed by atoms with Crippen molar-refractivity contribution in [2.45, 2.75) is 42.0 Å². The first-order chi connectivity index (χ1) is 15.9. The van der Waals surface area contributed by atoms with Crippen LogP contribution in [0.2, 0.25) is 0 Å². The van der Waals surface area contributed by atoms with Crippen molar-refractivity contribution in [1.82, 2.24) is 20.4 Å². The van der Waals surface area contributed by atoms with E-state index in [1.54, 1.807) is 24.3 Å². The van der Waals surface area contributed by atoms with E-state index in [1.165, 1.54) is 11.8 Å². The van der Waals surface area contributed by atoms with Gasteiger partial charge in [-0.05, 0) is 49.1 Å². The van der Waals surface area contributed by atoms with Gasteiger partial charge in [0.15, 0.2) is 9.84 Å². The number of sulfone groups is 1. The van der Waals surface area contributed by atoms with E-state index in [-0.39, 0.29) is 22.9 Å². The predicted molar refractivity (Wildman–Crippen MR) is 123 cm³/mol. The molecule has 0 unspecified atom stereocenters. The van der Waals surface area contributed by atoms with Gasteiger partial charge in [-0.25, -0.2) is 13.2 Å². The SMILES string of the molecule is CS(=O)(=O)c1ccc(-c2noc(C3CCN(C(=O)N[C@@H]4C[C@H]4c4ccccc4)CC3)n2)cc1. The van der Waals surface area contributed by atoms with Crippen LogP contribution in [0.15, 0.2) is 64.0 Å². The molecule has 1 saturated carbocycles. The molecule has 172 valence electrons. The molecule has 2 amide bonds. The zero-order valence-corrected chi connectivity index (χ0v) is 19.2. The molecule has 33 heavy (non-hydrogen) atoms. The maximum absolute atomic E-state index is 12.7. The van der Waals surface area contributed by atoms with Crippen molar-refractivity contribution in [2.24, 2.45) is 0 Å². The monoisotopic (exact) mass is 466 g/mol. The van der Waals surface area contributed by atoms with E-state index in [0.717, 1.165) is 19.3 Å². The number of likely N-dealkylation sites (tertiary alicyclic amines) is 1. The van der Waals surface area contributed by atoms with Crippen molar-refractivity contribution in [1.29, 1.82) is 0 Å². The lowest BCUT2D eigenvalue weighted by molar-refractivity contribution is 0.174. The Morgan fingerprint density at radius 1 is 1.06 bits per heavy atom. The van der Waals surface area contributed by atoms with Gasteiger partial charge >= 0.3 is 6.03 Å². The molecule has 1 N–H and O–H groups in total. The van der Waals surface area contributed by atoms with Crippen LogP contribution in [0.5, 0.6) is 0 Å². The number of aromatic nitrogens is 2. The molecule has 0 bridgehead atoms. The van der Waals surface area contributed by atoms with Gasteiger partial charge in [-0.2, -0.15) is 4.98 Å². The van der Waals surface area contributed by atoms with E-state index < -0.39 is 9.84 Å². The third kappa shape index (κ3) is 4.78. The molecule has 0 spiro atoms. The Bertz CT molecular complexity index is 1230. The van der Waals surface area contributed by atoms with Crippen molar-refractivity contribution in [3.05, 3.63) is 66.1 Å². The summed E-state index contributed by atoms with van der Waals surface area (Å²) in [5.41, 5.74) is 1.98. The summed E-state index contributed by atoms with van der Waals surface area (Å²) < 4.78 is 28.7. The molecule has 2 aromatic carbocycles. The fraction of sp³-hybridized carbons (Fsp3) is 0.375. The van der Waals surface area contributed by atoms with Crippen molar-refractivity contribution < 1.29 is 17.7 Å². The third-order valence-electron chi connectivity index (χ3n) is 6.44. The third-order valence-corrected chi connectivity index (χ3v) is 7.57. The molecular weight excluding hydrogens is 440 g/mol. The Labute approximate surface area is 192 Å². The Balaban J connectivity index is 1.14. The molecule has 1 saturated heterocycles. The number of hydrogen-bond donors (Lipinski definition) is 1. The zero-order valence-electron chi connectivity index (χ0n) is 18.3. The molecule has 8 nitrogen and oxygen atoms in total. The lowest BCUT2D eigenvalue weighted by atomic mass is 9.97. The van der Waals surface area contributed by atoms with Gasteiger partial charge in [0.25, 0.3) is 0 Å². The summed E-state index contributed by atoms with van der Waals surface area (Å²) in [7, 11) is -3.25. The quantitative estimate of drug-likeness (QED) is 0.616. The van der Waals surface area contributed by atoms with Crippen LogP contribution in [-0.2, 0) is 9.84 Å². The number of urea groups is 1. The number of nitrogens with one attached hydrogen (secondary N) is 1. The summed E-state index contributed by atoms with van der Waals surface area (Å²) in [4.78, 5) is 19.3. The fourth-order valence-electron chi connectivity index (χ4n) is 4.37. The topological polar surface area (TPSA) is 105 Å². The lowest BCUT2D eigenvalue weighted by Crippen LogP contribution is -2.45. The average molecular weight is 467 g/mol. The van der Waals surface area contributed by atoms with Gasteiger partial charge in [-0.1, -0.05) is 35.5 Å². The highest BCUT2D eigenvalue weighted by Gasteiger charge is 2.40. The van der Waals surface area contributed by atoms with Crippen molar-refractivity contribution >= 4 is 15.9 Å². The number of carbonyl (C=O) groups is 1. The number of hydrogen-bond acceptors (Lipinski definition) is 6. The van der Waals surface area contributed by atoms with E-state index in [4.69, 9.17) is 4.52 Å². The van der Waals surface area contributed by atoms with Crippen molar-refractivity contribution in [2.75, 3.05) is 19.3 Å². The Morgan fingerprint density at radius 3 is 2.42 bits per heavy atom. The van der Waals surface area contributed by atoms with E-state index >= 15 is 0 Å². The molecule has 3 aromatic rings. The summed E-state index contributed by atoms with van der Waals surface area (Å²) in [5.74, 6) is 1.51. The molecule has 1 aromatic heterocycles. The second-order valence-electron chi connectivity index (χ2n) is 8.82. The van der Waals surface area contributed by atoms with Gasteiger partial charge in [-0.15, -0.1) is 0 Å². The summed E-state index contributed by atoms with van der Waals surface area (Å²) in [6.45, 7) is 1.28. The first kappa shape index (κ1) is 21.6. The lowest BCUT2D eigenvalue weighted by Gasteiger charge is -2.30. The van der Waals surface area contributed by atoms with Gasteiger partial charge in [0.1, 0.15) is 0 Å². The number of benzene rings is 2. The minimum atomic E-state index is -3.25. The van der Waals surface area contributed by atoms with Crippen LogP contribution in [-0.4, -0.2) is 54.9 Å². The molecule has 1 aliphatic heterocycles. The second kappa shape index (κ2) is 8.62. The molecule has 2 atom stereocenters. The predicted octanol–water partition coefficient (Wildman–Crippen LogP) is 3.59. The number of amides is 2. The van der Waals surface area contributed by atoms with Crippen LogP contribution < -0.4 is 5.32 Å². The minimum Gasteiger partial charge on any atom is -0.339 e. The summed E-state index contributed by atoms with van der Waals surface area (Å²) in [6.07, 6.45) is 3.68. The van der Waals surface area contributed by atoms with Crippen LogP contribution in [0.25, 0.3) is 11.4 Å². The van der Waals surface area contributed by atoms with E-state index in [9.17, 15) is 13.2 Å². The highest BCUT2D eigenvalue weighted by molar-refractivity contribution is 7.90.